The maximum atomic E-state index is 12.3. The number of rotatable bonds is 4. The van der Waals surface area contributed by atoms with Crippen molar-refractivity contribution in [2.24, 2.45) is 5.41 Å². The topological polar surface area (TPSA) is 105 Å². The number of ether oxygens (including phenoxy) is 1. The number of benzene rings is 1. The van der Waals surface area contributed by atoms with Crippen LogP contribution in [0.25, 0.3) is 0 Å². The van der Waals surface area contributed by atoms with Gasteiger partial charge in [-0.1, -0.05) is 19.3 Å². The molecule has 1 aromatic rings. The predicted octanol–water partition coefficient (Wildman–Crippen LogP) is 2.38. The summed E-state index contributed by atoms with van der Waals surface area (Å²) in [5, 5.41) is 14.9. The van der Waals surface area contributed by atoms with Crippen molar-refractivity contribution in [3.05, 3.63) is 18.2 Å². The van der Waals surface area contributed by atoms with Gasteiger partial charge in [-0.2, -0.15) is 0 Å². The molecule has 7 heteroatoms. The Morgan fingerprint density at radius 3 is 2.71 bits per heavy atom. The highest BCUT2D eigenvalue weighted by molar-refractivity contribution is 5.98. The van der Waals surface area contributed by atoms with Gasteiger partial charge >= 0.3 is 5.97 Å². The first-order chi connectivity index (χ1) is 11.5. The first-order valence-electron chi connectivity index (χ1n) is 8.08. The van der Waals surface area contributed by atoms with E-state index in [1.54, 1.807) is 18.2 Å². The van der Waals surface area contributed by atoms with Crippen LogP contribution in [0, 0.1) is 5.41 Å². The molecule has 0 aromatic heterocycles. The zero-order chi connectivity index (χ0) is 17.2. The normalized spacial score (nSPS) is 18.8. The van der Waals surface area contributed by atoms with E-state index >= 15 is 0 Å². The van der Waals surface area contributed by atoms with E-state index in [0.29, 0.717) is 30.0 Å². The Hall–Kier alpha value is -2.57. The van der Waals surface area contributed by atoms with Gasteiger partial charge in [0.1, 0.15) is 5.75 Å². The largest absolute Gasteiger partial charge is 0.482 e. The number of hydrogen-bond donors (Lipinski definition) is 3. The number of hydrogen-bond acceptors (Lipinski definition) is 4. The maximum Gasteiger partial charge on any atom is 0.310 e. The van der Waals surface area contributed by atoms with Gasteiger partial charge in [-0.05, 0) is 31.0 Å². The van der Waals surface area contributed by atoms with Crippen LogP contribution < -0.4 is 15.4 Å². The average Bonchev–Trinajstić information content (AvgIpc) is 2.55. The fourth-order valence-corrected chi connectivity index (χ4v) is 3.37. The van der Waals surface area contributed by atoms with Crippen LogP contribution in [0.4, 0.5) is 11.4 Å². The van der Waals surface area contributed by atoms with Crippen LogP contribution in [0.15, 0.2) is 18.2 Å². The van der Waals surface area contributed by atoms with Crippen molar-refractivity contribution >= 4 is 29.2 Å². The Kier molecular flexibility index (Phi) is 4.42. The summed E-state index contributed by atoms with van der Waals surface area (Å²) in [5.41, 5.74) is 0.0315. The molecule has 128 valence electrons. The van der Waals surface area contributed by atoms with Crippen molar-refractivity contribution in [1.82, 2.24) is 0 Å². The molecule has 3 N–H and O–H groups in total. The third-order valence-electron chi connectivity index (χ3n) is 4.66. The summed E-state index contributed by atoms with van der Waals surface area (Å²) in [6.07, 6.45) is 3.71. The molecule has 1 aliphatic carbocycles. The number of carboxylic acids is 1. The number of anilines is 2. The van der Waals surface area contributed by atoms with Crippen molar-refractivity contribution in [2.45, 2.75) is 38.5 Å². The van der Waals surface area contributed by atoms with Gasteiger partial charge in [-0.25, -0.2) is 0 Å². The Morgan fingerprint density at radius 1 is 1.25 bits per heavy atom. The van der Waals surface area contributed by atoms with Gasteiger partial charge in [-0.15, -0.1) is 0 Å². The maximum absolute atomic E-state index is 12.3. The van der Waals surface area contributed by atoms with Crippen LogP contribution >= 0.6 is 0 Å². The molecule has 7 nitrogen and oxygen atoms in total. The number of carbonyl (C=O) groups excluding carboxylic acids is 2. The van der Waals surface area contributed by atoms with Crippen LogP contribution in [0.3, 0.4) is 0 Å². The molecule has 0 bridgehead atoms. The van der Waals surface area contributed by atoms with Gasteiger partial charge in [0, 0.05) is 12.1 Å². The molecule has 2 amide bonds. The first-order valence-corrected chi connectivity index (χ1v) is 8.08. The van der Waals surface area contributed by atoms with Gasteiger partial charge in [-0.3, -0.25) is 14.4 Å². The molecule has 1 aliphatic heterocycles. The highest BCUT2D eigenvalue weighted by Gasteiger charge is 2.41. The summed E-state index contributed by atoms with van der Waals surface area (Å²) in [4.78, 5) is 35.3. The molecule has 1 aromatic carbocycles. The second kappa shape index (κ2) is 6.51. The lowest BCUT2D eigenvalue weighted by molar-refractivity contribution is -0.153. The van der Waals surface area contributed by atoms with E-state index in [4.69, 9.17) is 4.74 Å². The molecule has 0 unspecified atom stereocenters. The van der Waals surface area contributed by atoms with Gasteiger partial charge in [0.25, 0.3) is 5.91 Å². The zero-order valence-corrected chi connectivity index (χ0v) is 13.3. The predicted molar refractivity (Wildman–Crippen MR) is 87.0 cm³/mol. The molecule has 1 fully saturated rings. The standard InChI is InChI=1S/C17H20N2O5/c20-14(9-17(16(22)23)6-2-1-3-7-17)18-11-4-5-13-12(8-11)19-15(21)10-24-13/h4-5,8H,1-3,6-7,9-10H2,(H,18,20)(H,19,21)(H,22,23). The molecule has 24 heavy (non-hydrogen) atoms. The van der Waals surface area contributed by atoms with Gasteiger partial charge < -0.3 is 20.5 Å². The second-order valence-corrected chi connectivity index (χ2v) is 6.42. The minimum Gasteiger partial charge on any atom is -0.482 e. The van der Waals surface area contributed by atoms with E-state index in [9.17, 15) is 19.5 Å². The number of amides is 2. The summed E-state index contributed by atoms with van der Waals surface area (Å²) in [6, 6.07) is 4.94. The van der Waals surface area contributed by atoms with Crippen LogP contribution in [0.1, 0.15) is 38.5 Å². The van der Waals surface area contributed by atoms with Crippen molar-refractivity contribution in [1.29, 1.82) is 0 Å². The smallest absolute Gasteiger partial charge is 0.310 e. The molecule has 1 saturated carbocycles. The van der Waals surface area contributed by atoms with Crippen LogP contribution in [0.2, 0.25) is 0 Å². The van der Waals surface area contributed by atoms with E-state index in [1.165, 1.54) is 0 Å². The lowest BCUT2D eigenvalue weighted by atomic mass is 9.71. The lowest BCUT2D eigenvalue weighted by Gasteiger charge is -2.32. The molecule has 2 aliphatic rings. The highest BCUT2D eigenvalue weighted by atomic mass is 16.5. The summed E-state index contributed by atoms with van der Waals surface area (Å²) in [6.45, 7) is -0.0279. The van der Waals surface area contributed by atoms with E-state index in [0.717, 1.165) is 19.3 Å². The van der Waals surface area contributed by atoms with Gasteiger partial charge in [0.15, 0.2) is 6.61 Å². The number of carbonyl (C=O) groups is 3. The second-order valence-electron chi connectivity index (χ2n) is 6.42. The third-order valence-corrected chi connectivity index (χ3v) is 4.66. The minimum atomic E-state index is -0.964. The number of carboxylic acid groups (broad SMARTS) is 1. The van der Waals surface area contributed by atoms with Gasteiger partial charge in [0.2, 0.25) is 5.91 Å². The summed E-state index contributed by atoms with van der Waals surface area (Å²) in [7, 11) is 0. The summed E-state index contributed by atoms with van der Waals surface area (Å²) in [5.74, 6) is -0.939. The Balaban J connectivity index is 1.69. The summed E-state index contributed by atoms with van der Waals surface area (Å²) < 4.78 is 5.26. The Bertz CT molecular complexity index is 680. The molecule has 3 rings (SSSR count). The molecule has 0 spiro atoms. The monoisotopic (exact) mass is 332 g/mol. The molecular formula is C17H20N2O5. The Morgan fingerprint density at radius 2 is 2.00 bits per heavy atom. The zero-order valence-electron chi connectivity index (χ0n) is 13.3. The molecule has 1 heterocycles. The SMILES string of the molecule is O=C(CC1(C(=O)O)CCCCC1)Nc1ccc2c(c1)NC(=O)CO2. The van der Waals surface area contributed by atoms with Crippen molar-refractivity contribution in [3.63, 3.8) is 0 Å². The van der Waals surface area contributed by atoms with Gasteiger partial charge in [0.05, 0.1) is 11.1 Å². The van der Waals surface area contributed by atoms with Crippen molar-refractivity contribution < 1.29 is 24.2 Å². The van der Waals surface area contributed by atoms with Crippen molar-refractivity contribution in [2.75, 3.05) is 17.2 Å². The Labute approximate surface area is 139 Å². The third kappa shape index (κ3) is 3.34. The van der Waals surface area contributed by atoms with Crippen LogP contribution in [-0.2, 0) is 14.4 Å². The molecule has 0 atom stereocenters. The van der Waals surface area contributed by atoms with E-state index in [-0.39, 0.29) is 24.8 Å². The first kappa shape index (κ1) is 16.3. The lowest BCUT2D eigenvalue weighted by Crippen LogP contribution is -2.37. The quantitative estimate of drug-likeness (QED) is 0.785. The number of fused-ring (bicyclic) bond motifs is 1. The van der Waals surface area contributed by atoms with E-state index in [1.807, 2.05) is 0 Å². The fraction of sp³-hybridized carbons (Fsp3) is 0.471. The van der Waals surface area contributed by atoms with E-state index in [2.05, 4.69) is 10.6 Å². The molecule has 0 radical (unpaired) electrons. The van der Waals surface area contributed by atoms with E-state index < -0.39 is 11.4 Å². The summed E-state index contributed by atoms with van der Waals surface area (Å²) >= 11 is 0. The number of aliphatic carboxylic acids is 1. The highest BCUT2D eigenvalue weighted by Crippen LogP contribution is 2.40. The fourth-order valence-electron chi connectivity index (χ4n) is 3.37. The van der Waals surface area contributed by atoms with Crippen LogP contribution in [-0.4, -0.2) is 29.5 Å². The minimum absolute atomic E-state index is 0.0279. The number of nitrogens with one attached hydrogen (secondary N) is 2. The van der Waals surface area contributed by atoms with Crippen LogP contribution in [0.5, 0.6) is 5.75 Å². The van der Waals surface area contributed by atoms with Crippen molar-refractivity contribution in [3.8, 4) is 5.75 Å². The molecular weight excluding hydrogens is 312 g/mol. The molecule has 0 saturated heterocycles. The average molecular weight is 332 g/mol.